The second-order valence-corrected chi connectivity index (χ2v) is 7.71. The van der Waals surface area contributed by atoms with Crippen LogP contribution in [0.15, 0.2) is 53.3 Å². The number of benzene rings is 2. The van der Waals surface area contributed by atoms with E-state index in [1.165, 1.54) is 0 Å². The van der Waals surface area contributed by atoms with Crippen LogP contribution in [0.3, 0.4) is 0 Å². The SMILES string of the molecule is COc1cc2cc3ccoc3c(-c3ccc(N4CCN(C)CC4)nc3)c2cc1OC. The summed E-state index contributed by atoms with van der Waals surface area (Å²) in [6, 6.07) is 12.4. The fourth-order valence-corrected chi connectivity index (χ4v) is 4.20. The van der Waals surface area contributed by atoms with Gasteiger partial charge in [-0.1, -0.05) is 0 Å². The second kappa shape index (κ2) is 7.54. The van der Waals surface area contributed by atoms with E-state index in [9.17, 15) is 0 Å². The number of rotatable bonds is 4. The van der Waals surface area contributed by atoms with Crippen molar-refractivity contribution in [1.82, 2.24) is 9.88 Å². The number of nitrogens with zero attached hydrogens (tertiary/aromatic N) is 3. The molecule has 0 aliphatic carbocycles. The zero-order chi connectivity index (χ0) is 20.7. The molecule has 2 aromatic carbocycles. The van der Waals surface area contributed by atoms with Gasteiger partial charge in [0.15, 0.2) is 11.5 Å². The molecule has 1 saturated heterocycles. The Bertz CT molecular complexity index is 1190. The lowest BCUT2D eigenvalue weighted by Crippen LogP contribution is -2.44. The minimum absolute atomic E-state index is 0.694. The summed E-state index contributed by atoms with van der Waals surface area (Å²) in [6.07, 6.45) is 3.68. The molecule has 154 valence electrons. The lowest BCUT2D eigenvalue weighted by Gasteiger charge is -2.33. The molecule has 1 fully saturated rings. The monoisotopic (exact) mass is 403 g/mol. The number of furan rings is 1. The van der Waals surface area contributed by atoms with Crippen LogP contribution in [0.2, 0.25) is 0 Å². The molecule has 0 amide bonds. The summed E-state index contributed by atoms with van der Waals surface area (Å²) in [7, 11) is 5.47. The van der Waals surface area contributed by atoms with Crippen LogP contribution in [-0.2, 0) is 0 Å². The normalized spacial score (nSPS) is 15.1. The first-order chi connectivity index (χ1) is 14.7. The Morgan fingerprint density at radius 1 is 0.900 bits per heavy atom. The van der Waals surface area contributed by atoms with E-state index in [-0.39, 0.29) is 0 Å². The Hall–Kier alpha value is -3.25. The lowest BCUT2D eigenvalue weighted by atomic mass is 9.96. The molecule has 6 heteroatoms. The van der Waals surface area contributed by atoms with Gasteiger partial charge in [0.05, 0.1) is 20.5 Å². The highest BCUT2D eigenvalue weighted by Crippen LogP contribution is 2.41. The third-order valence-electron chi connectivity index (χ3n) is 5.92. The molecular weight excluding hydrogens is 378 g/mol. The third kappa shape index (κ3) is 3.13. The Balaban J connectivity index is 1.64. The van der Waals surface area contributed by atoms with Gasteiger partial charge in [0.2, 0.25) is 0 Å². The van der Waals surface area contributed by atoms with Gasteiger partial charge in [-0.2, -0.15) is 0 Å². The van der Waals surface area contributed by atoms with Gasteiger partial charge >= 0.3 is 0 Å². The minimum Gasteiger partial charge on any atom is -0.493 e. The Kier molecular flexibility index (Phi) is 4.71. The first-order valence-electron chi connectivity index (χ1n) is 10.1. The van der Waals surface area contributed by atoms with Gasteiger partial charge in [0, 0.05) is 48.9 Å². The number of aromatic nitrogens is 1. The third-order valence-corrected chi connectivity index (χ3v) is 5.92. The van der Waals surface area contributed by atoms with Gasteiger partial charge < -0.3 is 23.7 Å². The first-order valence-corrected chi connectivity index (χ1v) is 10.1. The standard InChI is InChI=1S/C24H25N3O3/c1-26-7-9-27(10-8-26)22-5-4-17(15-25-22)23-19-14-21(29-3)20(28-2)13-18(19)12-16-6-11-30-24(16)23/h4-6,11-15H,7-10H2,1-3H3. The number of anilines is 1. The molecule has 0 radical (unpaired) electrons. The summed E-state index contributed by atoms with van der Waals surface area (Å²) in [6.45, 7) is 4.11. The average Bonchev–Trinajstić information content (AvgIpc) is 3.25. The molecular formula is C24H25N3O3. The minimum atomic E-state index is 0.694. The number of hydrogen-bond donors (Lipinski definition) is 0. The van der Waals surface area contributed by atoms with E-state index in [2.05, 4.69) is 35.0 Å². The highest BCUT2D eigenvalue weighted by molar-refractivity contribution is 6.11. The van der Waals surface area contributed by atoms with Crippen molar-refractivity contribution >= 4 is 27.6 Å². The quantitative estimate of drug-likeness (QED) is 0.503. The number of pyridine rings is 1. The van der Waals surface area contributed by atoms with E-state index in [1.54, 1.807) is 20.5 Å². The van der Waals surface area contributed by atoms with Crippen LogP contribution < -0.4 is 14.4 Å². The van der Waals surface area contributed by atoms with E-state index in [0.717, 1.165) is 64.9 Å². The molecule has 1 aliphatic rings. The van der Waals surface area contributed by atoms with E-state index >= 15 is 0 Å². The van der Waals surface area contributed by atoms with Gasteiger partial charge in [0.1, 0.15) is 11.4 Å². The smallest absolute Gasteiger partial charge is 0.161 e. The van der Waals surface area contributed by atoms with Gasteiger partial charge in [-0.05, 0) is 54.2 Å². The molecule has 1 aliphatic heterocycles. The average molecular weight is 403 g/mol. The number of ether oxygens (including phenoxy) is 2. The summed E-state index contributed by atoms with van der Waals surface area (Å²) in [4.78, 5) is 9.47. The van der Waals surface area contributed by atoms with Crippen LogP contribution in [0.1, 0.15) is 0 Å². The molecule has 3 heterocycles. The van der Waals surface area contributed by atoms with E-state index in [0.29, 0.717) is 11.5 Å². The van der Waals surface area contributed by atoms with Crippen LogP contribution >= 0.6 is 0 Å². The van der Waals surface area contributed by atoms with Crippen LogP contribution in [-0.4, -0.2) is 57.3 Å². The first kappa shape index (κ1) is 18.8. The van der Waals surface area contributed by atoms with Crippen LogP contribution in [0, 0.1) is 0 Å². The fraction of sp³-hybridized carbons (Fsp3) is 0.292. The van der Waals surface area contributed by atoms with Crippen molar-refractivity contribution in [3.8, 4) is 22.6 Å². The van der Waals surface area contributed by atoms with E-state index in [4.69, 9.17) is 18.9 Å². The van der Waals surface area contributed by atoms with Crippen molar-refractivity contribution in [2.75, 3.05) is 52.3 Å². The Labute approximate surface area is 175 Å². The predicted molar refractivity (Wildman–Crippen MR) is 120 cm³/mol. The zero-order valence-electron chi connectivity index (χ0n) is 17.5. The van der Waals surface area contributed by atoms with Crippen molar-refractivity contribution < 1.29 is 13.9 Å². The van der Waals surface area contributed by atoms with Crippen LogP contribution in [0.5, 0.6) is 11.5 Å². The molecule has 0 N–H and O–H groups in total. The van der Waals surface area contributed by atoms with Gasteiger partial charge in [0.25, 0.3) is 0 Å². The van der Waals surface area contributed by atoms with Crippen molar-refractivity contribution in [3.05, 3.63) is 48.9 Å². The summed E-state index contributed by atoms with van der Waals surface area (Å²) in [5, 5.41) is 3.16. The van der Waals surface area contributed by atoms with Crippen molar-refractivity contribution in [2.45, 2.75) is 0 Å². The highest BCUT2D eigenvalue weighted by atomic mass is 16.5. The Morgan fingerprint density at radius 2 is 1.67 bits per heavy atom. The van der Waals surface area contributed by atoms with Gasteiger partial charge in [-0.15, -0.1) is 0 Å². The van der Waals surface area contributed by atoms with Crippen LogP contribution in [0.4, 0.5) is 5.82 Å². The number of hydrogen-bond acceptors (Lipinski definition) is 6. The zero-order valence-corrected chi connectivity index (χ0v) is 17.5. The summed E-state index contributed by atoms with van der Waals surface area (Å²) in [5.74, 6) is 2.42. The second-order valence-electron chi connectivity index (χ2n) is 7.71. The maximum Gasteiger partial charge on any atom is 0.161 e. The number of fused-ring (bicyclic) bond motifs is 2. The topological polar surface area (TPSA) is 51.0 Å². The maximum absolute atomic E-state index is 5.88. The largest absolute Gasteiger partial charge is 0.493 e. The molecule has 6 nitrogen and oxygen atoms in total. The molecule has 2 aromatic heterocycles. The molecule has 0 bridgehead atoms. The molecule has 5 rings (SSSR count). The molecule has 0 atom stereocenters. The fourth-order valence-electron chi connectivity index (χ4n) is 4.20. The van der Waals surface area contributed by atoms with E-state index in [1.807, 2.05) is 24.4 Å². The lowest BCUT2D eigenvalue weighted by molar-refractivity contribution is 0.312. The number of piperazine rings is 1. The van der Waals surface area contributed by atoms with Gasteiger partial charge in [-0.25, -0.2) is 4.98 Å². The molecule has 30 heavy (non-hydrogen) atoms. The molecule has 4 aromatic rings. The van der Waals surface area contributed by atoms with Gasteiger partial charge in [-0.3, -0.25) is 0 Å². The van der Waals surface area contributed by atoms with E-state index < -0.39 is 0 Å². The van der Waals surface area contributed by atoms with Crippen LogP contribution in [0.25, 0.3) is 32.9 Å². The summed E-state index contributed by atoms with van der Waals surface area (Å²) in [5.41, 5.74) is 2.89. The molecule has 0 spiro atoms. The number of likely N-dealkylation sites (N-methyl/N-ethyl adjacent to an activating group) is 1. The summed E-state index contributed by atoms with van der Waals surface area (Å²) >= 11 is 0. The maximum atomic E-state index is 5.88. The van der Waals surface area contributed by atoms with Crippen molar-refractivity contribution in [2.24, 2.45) is 0 Å². The molecule has 0 unspecified atom stereocenters. The highest BCUT2D eigenvalue weighted by Gasteiger charge is 2.18. The Morgan fingerprint density at radius 3 is 2.37 bits per heavy atom. The molecule has 0 saturated carbocycles. The predicted octanol–water partition coefficient (Wildman–Crippen LogP) is 4.42. The van der Waals surface area contributed by atoms with Crippen molar-refractivity contribution in [1.29, 1.82) is 0 Å². The van der Waals surface area contributed by atoms with Crippen molar-refractivity contribution in [3.63, 3.8) is 0 Å². The number of methoxy groups -OCH3 is 2. The summed E-state index contributed by atoms with van der Waals surface area (Å²) < 4.78 is 16.9.